The highest BCUT2D eigenvalue weighted by Crippen LogP contribution is 2.25. The van der Waals surface area contributed by atoms with E-state index in [1.165, 1.54) is 0 Å². The Hall–Kier alpha value is -0.620. The van der Waals surface area contributed by atoms with Gasteiger partial charge in [0, 0.05) is 19.3 Å². The quantitative estimate of drug-likeness (QED) is 0.564. The fourth-order valence-corrected chi connectivity index (χ4v) is 2.79. The lowest BCUT2D eigenvalue weighted by molar-refractivity contribution is 0.103. The molecule has 2 nitrogen and oxygen atoms in total. The van der Waals surface area contributed by atoms with E-state index >= 15 is 0 Å². The molecule has 0 bridgehead atoms. The maximum Gasteiger partial charge on any atom is 0.210 e. The minimum Gasteiger partial charge on any atom is -0.356 e. The third kappa shape index (κ3) is 2.40. The molecule has 0 saturated carbocycles. The molecule has 0 unspecified atom stereocenters. The summed E-state index contributed by atoms with van der Waals surface area (Å²) in [5, 5.41) is 0. The summed E-state index contributed by atoms with van der Waals surface area (Å²) in [5.41, 5.74) is 4.62. The van der Waals surface area contributed by atoms with Crippen molar-refractivity contribution in [2.75, 3.05) is 0 Å². The highest BCUT2D eigenvalue weighted by atomic mass is 127. The van der Waals surface area contributed by atoms with Gasteiger partial charge in [-0.05, 0) is 72.7 Å². The zero-order valence-electron chi connectivity index (χ0n) is 10.4. The van der Waals surface area contributed by atoms with E-state index < -0.39 is 0 Å². The Balaban J connectivity index is 2.54. The third-order valence-electron chi connectivity index (χ3n) is 3.21. The van der Waals surface area contributed by atoms with Gasteiger partial charge in [0.25, 0.3) is 0 Å². The van der Waals surface area contributed by atoms with Crippen LogP contribution in [-0.2, 0) is 0 Å². The average molecular weight is 418 g/mol. The second kappa shape index (κ2) is 5.17. The summed E-state index contributed by atoms with van der Waals surface area (Å²) in [6.45, 7) is 6.00. The highest BCUT2D eigenvalue weighted by molar-refractivity contribution is 14.1. The van der Waals surface area contributed by atoms with Gasteiger partial charge in [0.05, 0.1) is 5.69 Å². The van der Waals surface area contributed by atoms with Crippen molar-refractivity contribution in [3.8, 4) is 0 Å². The van der Waals surface area contributed by atoms with Crippen LogP contribution >= 0.6 is 38.5 Å². The number of benzene rings is 1. The van der Waals surface area contributed by atoms with Crippen molar-refractivity contribution in [2.45, 2.75) is 20.8 Å². The van der Waals surface area contributed by atoms with E-state index in [2.05, 4.69) is 43.5 Å². The maximum absolute atomic E-state index is 12.5. The van der Waals surface area contributed by atoms with Crippen LogP contribution in [0.25, 0.3) is 0 Å². The fourth-order valence-electron chi connectivity index (χ4n) is 1.88. The second-order valence-corrected chi connectivity index (χ2v) is 6.43. The van der Waals surface area contributed by atoms with Gasteiger partial charge in [0.2, 0.25) is 5.78 Å². The monoisotopic (exact) mass is 417 g/mol. The molecule has 2 rings (SSSR count). The molecule has 0 aliphatic heterocycles. The number of carbonyl (C=O) groups excluding carboxylic acids is 1. The van der Waals surface area contributed by atoms with E-state index in [0.29, 0.717) is 11.3 Å². The number of aryl methyl sites for hydroxylation is 1. The van der Waals surface area contributed by atoms with Crippen LogP contribution in [0.4, 0.5) is 0 Å². The summed E-state index contributed by atoms with van der Waals surface area (Å²) < 4.78 is 1.88. The van der Waals surface area contributed by atoms with Crippen LogP contribution in [0.1, 0.15) is 32.9 Å². The number of hydrogen-bond acceptors (Lipinski definition) is 1. The van der Waals surface area contributed by atoms with Gasteiger partial charge in [0.15, 0.2) is 0 Å². The summed E-state index contributed by atoms with van der Waals surface area (Å²) in [6.07, 6.45) is 0. The van der Waals surface area contributed by atoms with Crippen LogP contribution in [0, 0.1) is 24.3 Å². The molecule has 0 radical (unpaired) electrons. The fraction of sp³-hybridized carbons (Fsp3) is 0.214. The van der Waals surface area contributed by atoms with Crippen molar-refractivity contribution in [3.63, 3.8) is 0 Å². The Kier molecular flexibility index (Phi) is 3.96. The molecule has 1 heterocycles. The van der Waals surface area contributed by atoms with E-state index in [-0.39, 0.29) is 5.78 Å². The van der Waals surface area contributed by atoms with Crippen LogP contribution in [0.3, 0.4) is 0 Å². The van der Waals surface area contributed by atoms with Crippen LogP contribution in [0.5, 0.6) is 0 Å². The molecule has 0 amide bonds. The standard InChI is InChI=1S/C14H13BrINO/c1-7-8(2)13(17-9(7)3)14(18)11-6-10(16)4-5-12(11)15/h4-6,17H,1-3H3. The number of aromatic nitrogens is 1. The molecular formula is C14H13BrINO. The molecular weight excluding hydrogens is 405 g/mol. The Morgan fingerprint density at radius 3 is 2.44 bits per heavy atom. The van der Waals surface area contributed by atoms with E-state index in [0.717, 1.165) is 24.9 Å². The van der Waals surface area contributed by atoms with Crippen LogP contribution in [0.15, 0.2) is 22.7 Å². The normalized spacial score (nSPS) is 10.7. The van der Waals surface area contributed by atoms with Gasteiger partial charge in [-0.15, -0.1) is 0 Å². The molecule has 4 heteroatoms. The lowest BCUT2D eigenvalue weighted by Gasteiger charge is -2.04. The predicted molar refractivity (Wildman–Crippen MR) is 85.3 cm³/mol. The first-order valence-electron chi connectivity index (χ1n) is 5.57. The number of rotatable bonds is 2. The molecule has 1 N–H and O–H groups in total. The molecule has 18 heavy (non-hydrogen) atoms. The summed E-state index contributed by atoms with van der Waals surface area (Å²) >= 11 is 5.65. The molecule has 2 aromatic rings. The molecule has 0 aliphatic carbocycles. The number of nitrogens with one attached hydrogen (secondary N) is 1. The first kappa shape index (κ1) is 13.8. The average Bonchev–Trinajstić information content (AvgIpc) is 2.59. The molecule has 94 valence electrons. The zero-order valence-corrected chi connectivity index (χ0v) is 14.1. The van der Waals surface area contributed by atoms with E-state index in [1.807, 2.05) is 39.0 Å². The van der Waals surface area contributed by atoms with Crippen LogP contribution in [0.2, 0.25) is 0 Å². The van der Waals surface area contributed by atoms with Gasteiger partial charge in [-0.1, -0.05) is 15.9 Å². The van der Waals surface area contributed by atoms with Crippen molar-refractivity contribution in [1.82, 2.24) is 4.98 Å². The summed E-state index contributed by atoms with van der Waals surface area (Å²) in [7, 11) is 0. The van der Waals surface area contributed by atoms with Crippen LogP contribution in [-0.4, -0.2) is 10.8 Å². The van der Waals surface area contributed by atoms with Gasteiger partial charge in [-0.2, -0.15) is 0 Å². The van der Waals surface area contributed by atoms with Gasteiger partial charge < -0.3 is 4.98 Å². The van der Waals surface area contributed by atoms with Crippen molar-refractivity contribution in [3.05, 3.63) is 54.3 Å². The first-order chi connectivity index (χ1) is 8.41. The number of ketones is 1. The lowest BCUT2D eigenvalue weighted by atomic mass is 10.0. The Morgan fingerprint density at radius 1 is 1.22 bits per heavy atom. The number of halogens is 2. The number of aromatic amines is 1. The van der Waals surface area contributed by atoms with E-state index in [4.69, 9.17) is 0 Å². The first-order valence-corrected chi connectivity index (χ1v) is 7.44. The Labute approximate surface area is 128 Å². The molecule has 0 aliphatic rings. The van der Waals surface area contributed by atoms with Gasteiger partial charge in [-0.25, -0.2) is 0 Å². The Morgan fingerprint density at radius 2 is 1.89 bits per heavy atom. The molecule has 0 atom stereocenters. The minimum absolute atomic E-state index is 0.0362. The zero-order chi connectivity index (χ0) is 13.4. The van der Waals surface area contributed by atoms with Gasteiger partial charge in [-0.3, -0.25) is 4.79 Å². The Bertz CT molecular complexity index is 631. The van der Waals surface area contributed by atoms with E-state index in [1.54, 1.807) is 0 Å². The minimum atomic E-state index is 0.0362. The number of H-pyrrole nitrogens is 1. The largest absolute Gasteiger partial charge is 0.356 e. The predicted octanol–water partition coefficient (Wildman–Crippen LogP) is 4.54. The maximum atomic E-state index is 12.5. The molecule has 1 aromatic heterocycles. The van der Waals surface area contributed by atoms with Crippen molar-refractivity contribution in [1.29, 1.82) is 0 Å². The van der Waals surface area contributed by atoms with Crippen molar-refractivity contribution < 1.29 is 4.79 Å². The molecule has 1 aromatic carbocycles. The number of hydrogen-bond donors (Lipinski definition) is 1. The highest BCUT2D eigenvalue weighted by Gasteiger charge is 2.18. The van der Waals surface area contributed by atoms with E-state index in [9.17, 15) is 4.79 Å². The summed E-state index contributed by atoms with van der Waals surface area (Å²) in [5.74, 6) is 0.0362. The topological polar surface area (TPSA) is 32.9 Å². The third-order valence-corrected chi connectivity index (χ3v) is 4.58. The SMILES string of the molecule is Cc1[nH]c(C(=O)c2cc(I)ccc2Br)c(C)c1C. The van der Waals surface area contributed by atoms with Gasteiger partial charge in [0.1, 0.15) is 0 Å². The smallest absolute Gasteiger partial charge is 0.210 e. The summed E-state index contributed by atoms with van der Waals surface area (Å²) in [6, 6.07) is 5.78. The van der Waals surface area contributed by atoms with Gasteiger partial charge >= 0.3 is 0 Å². The van der Waals surface area contributed by atoms with Crippen LogP contribution < -0.4 is 0 Å². The molecule has 0 fully saturated rings. The van der Waals surface area contributed by atoms with Crippen molar-refractivity contribution >= 4 is 44.3 Å². The lowest BCUT2D eigenvalue weighted by Crippen LogP contribution is -2.05. The van der Waals surface area contributed by atoms with Crippen molar-refractivity contribution in [2.24, 2.45) is 0 Å². The second-order valence-electron chi connectivity index (χ2n) is 4.33. The summed E-state index contributed by atoms with van der Waals surface area (Å²) in [4.78, 5) is 15.7. The molecule has 0 saturated heterocycles. The molecule has 0 spiro atoms. The number of carbonyl (C=O) groups is 1.